The predicted octanol–water partition coefficient (Wildman–Crippen LogP) is 5.34. The van der Waals surface area contributed by atoms with E-state index in [9.17, 15) is 0 Å². The van der Waals surface area contributed by atoms with Crippen molar-refractivity contribution < 1.29 is 4.74 Å². The number of benzene rings is 3. The van der Waals surface area contributed by atoms with E-state index >= 15 is 0 Å². The van der Waals surface area contributed by atoms with Crippen molar-refractivity contribution in [3.63, 3.8) is 0 Å². The molecule has 0 N–H and O–H groups in total. The lowest BCUT2D eigenvalue weighted by molar-refractivity contribution is 0.341. The van der Waals surface area contributed by atoms with Gasteiger partial charge in [0.05, 0.1) is 31.6 Å². The first-order chi connectivity index (χ1) is 13.9. The van der Waals surface area contributed by atoms with Crippen LogP contribution in [0, 0.1) is 0 Å². The molecule has 0 radical (unpaired) electrons. The van der Waals surface area contributed by atoms with Crippen LogP contribution in [0.5, 0.6) is 0 Å². The highest BCUT2D eigenvalue weighted by Gasteiger charge is 2.39. The highest BCUT2D eigenvalue weighted by atomic mass is 16.5. The Morgan fingerprint density at radius 2 is 1.21 bits per heavy atom. The number of imidazole rings is 1. The third kappa shape index (κ3) is 3.01. The van der Waals surface area contributed by atoms with Gasteiger partial charge in [0, 0.05) is 0 Å². The second-order valence-electron chi connectivity index (χ2n) is 6.54. The summed E-state index contributed by atoms with van der Waals surface area (Å²) in [5.41, 5.74) is 3.89. The molecule has 28 heavy (non-hydrogen) atoms. The molecule has 3 nitrogen and oxygen atoms in total. The summed E-state index contributed by atoms with van der Waals surface area (Å²) < 4.78 is 7.39. The first kappa shape index (κ1) is 17.8. The molecule has 0 bridgehead atoms. The van der Waals surface area contributed by atoms with E-state index in [2.05, 4.69) is 82.3 Å². The molecule has 0 saturated heterocycles. The van der Waals surface area contributed by atoms with Gasteiger partial charge in [-0.2, -0.15) is 0 Å². The van der Waals surface area contributed by atoms with Gasteiger partial charge in [-0.15, -0.1) is 0 Å². The van der Waals surface area contributed by atoms with Crippen LogP contribution in [0.15, 0.2) is 110 Å². The average molecular weight is 366 g/mol. The summed E-state index contributed by atoms with van der Waals surface area (Å²) >= 11 is 0. The van der Waals surface area contributed by atoms with Crippen molar-refractivity contribution in [3.8, 4) is 0 Å². The predicted molar refractivity (Wildman–Crippen MR) is 113 cm³/mol. The molecule has 138 valence electrons. The number of ether oxygens (including phenoxy) is 1. The minimum atomic E-state index is -0.562. The summed E-state index contributed by atoms with van der Waals surface area (Å²) in [6.07, 6.45) is 7.37. The summed E-state index contributed by atoms with van der Waals surface area (Å²) in [6, 6.07) is 31.6. The zero-order valence-electron chi connectivity index (χ0n) is 15.8. The van der Waals surface area contributed by atoms with E-state index in [1.165, 1.54) is 0 Å². The van der Waals surface area contributed by atoms with E-state index in [0.29, 0.717) is 0 Å². The van der Waals surface area contributed by atoms with E-state index in [1.54, 1.807) is 13.4 Å². The molecule has 4 aromatic rings. The second kappa shape index (κ2) is 7.97. The fourth-order valence-corrected chi connectivity index (χ4v) is 3.80. The molecule has 1 heterocycles. The maximum absolute atomic E-state index is 5.18. The van der Waals surface area contributed by atoms with Gasteiger partial charge >= 0.3 is 0 Å². The number of rotatable bonds is 6. The molecule has 4 rings (SSSR count). The van der Waals surface area contributed by atoms with Crippen LogP contribution >= 0.6 is 0 Å². The fourth-order valence-electron chi connectivity index (χ4n) is 3.80. The Kier molecular flexibility index (Phi) is 5.07. The van der Waals surface area contributed by atoms with Crippen molar-refractivity contribution in [1.29, 1.82) is 0 Å². The Morgan fingerprint density at radius 1 is 0.750 bits per heavy atom. The largest absolute Gasteiger partial charge is 0.504 e. The molecule has 0 spiro atoms. The molecular formula is C25H22N2O. The lowest BCUT2D eigenvalue weighted by atomic mass is 9.76. The zero-order chi connectivity index (χ0) is 19.2. The van der Waals surface area contributed by atoms with Crippen LogP contribution in [0.25, 0.3) is 6.08 Å². The fraction of sp³-hybridized carbons (Fsp3) is 0.0800. The molecular weight excluding hydrogens is 344 g/mol. The van der Waals surface area contributed by atoms with Crippen LogP contribution in [-0.2, 0) is 10.3 Å². The van der Waals surface area contributed by atoms with E-state index in [4.69, 9.17) is 4.74 Å². The van der Waals surface area contributed by atoms with E-state index in [1.807, 2.05) is 36.8 Å². The van der Waals surface area contributed by atoms with Gasteiger partial charge in [0.2, 0.25) is 0 Å². The second-order valence-corrected chi connectivity index (χ2v) is 6.54. The Balaban J connectivity index is 2.11. The average Bonchev–Trinajstić information content (AvgIpc) is 3.24. The smallest absolute Gasteiger partial charge is 0.122 e. The van der Waals surface area contributed by atoms with Gasteiger partial charge in [-0.1, -0.05) is 91.0 Å². The van der Waals surface area contributed by atoms with Crippen LogP contribution < -0.4 is 0 Å². The van der Waals surface area contributed by atoms with Crippen LogP contribution in [-0.4, -0.2) is 16.7 Å². The summed E-state index contributed by atoms with van der Waals surface area (Å²) in [7, 11) is 1.65. The normalized spacial score (nSPS) is 11.6. The molecule has 0 unspecified atom stereocenters. The molecule has 1 aromatic heterocycles. The van der Waals surface area contributed by atoms with Gasteiger partial charge in [-0.05, 0) is 22.8 Å². The van der Waals surface area contributed by atoms with Crippen LogP contribution in [0.1, 0.15) is 22.4 Å². The van der Waals surface area contributed by atoms with Gasteiger partial charge in [0.15, 0.2) is 0 Å². The Morgan fingerprint density at radius 3 is 1.64 bits per heavy atom. The molecule has 0 saturated carbocycles. The van der Waals surface area contributed by atoms with Gasteiger partial charge in [-0.3, -0.25) is 0 Å². The van der Waals surface area contributed by atoms with E-state index in [-0.39, 0.29) is 0 Å². The SMILES string of the molecule is CO/C=C/c1cncn1C(c1ccccc1)(c1ccccc1)c1ccccc1. The quantitative estimate of drug-likeness (QED) is 0.340. The molecule has 0 amide bonds. The monoisotopic (exact) mass is 366 g/mol. The Hall–Kier alpha value is -3.59. The number of hydrogen-bond acceptors (Lipinski definition) is 2. The van der Waals surface area contributed by atoms with Crippen LogP contribution in [0.4, 0.5) is 0 Å². The topological polar surface area (TPSA) is 27.1 Å². The van der Waals surface area contributed by atoms with Crippen molar-refractivity contribution in [3.05, 3.63) is 132 Å². The van der Waals surface area contributed by atoms with Gasteiger partial charge in [0.25, 0.3) is 0 Å². The van der Waals surface area contributed by atoms with Crippen molar-refractivity contribution in [2.24, 2.45) is 0 Å². The third-order valence-electron chi connectivity index (χ3n) is 4.98. The Bertz CT molecular complexity index is 941. The van der Waals surface area contributed by atoms with Gasteiger partial charge in [0.1, 0.15) is 5.54 Å². The maximum Gasteiger partial charge on any atom is 0.122 e. The minimum absolute atomic E-state index is 0.562. The minimum Gasteiger partial charge on any atom is -0.504 e. The first-order valence-electron chi connectivity index (χ1n) is 9.26. The number of hydrogen-bond donors (Lipinski definition) is 0. The molecule has 0 aliphatic rings. The maximum atomic E-state index is 5.18. The summed E-state index contributed by atoms with van der Waals surface area (Å²) in [4.78, 5) is 4.47. The summed E-state index contributed by atoms with van der Waals surface area (Å²) in [5.74, 6) is 0. The van der Waals surface area contributed by atoms with Crippen LogP contribution in [0.2, 0.25) is 0 Å². The van der Waals surface area contributed by atoms with E-state index in [0.717, 1.165) is 22.4 Å². The molecule has 0 aliphatic heterocycles. The highest BCUT2D eigenvalue weighted by Crippen LogP contribution is 2.41. The molecule has 0 fully saturated rings. The first-order valence-corrected chi connectivity index (χ1v) is 9.26. The summed E-state index contributed by atoms with van der Waals surface area (Å²) in [6.45, 7) is 0. The highest BCUT2D eigenvalue weighted by molar-refractivity contribution is 5.54. The van der Waals surface area contributed by atoms with Crippen molar-refractivity contribution in [2.45, 2.75) is 5.54 Å². The number of nitrogens with zero attached hydrogens (tertiary/aromatic N) is 2. The van der Waals surface area contributed by atoms with Gasteiger partial charge < -0.3 is 9.30 Å². The summed E-state index contributed by atoms with van der Waals surface area (Å²) in [5, 5.41) is 0. The lowest BCUT2D eigenvalue weighted by Crippen LogP contribution is -2.38. The third-order valence-corrected chi connectivity index (χ3v) is 4.98. The zero-order valence-corrected chi connectivity index (χ0v) is 15.8. The molecule has 0 aliphatic carbocycles. The van der Waals surface area contributed by atoms with Crippen molar-refractivity contribution >= 4 is 6.08 Å². The van der Waals surface area contributed by atoms with Crippen molar-refractivity contribution in [2.75, 3.05) is 7.11 Å². The lowest BCUT2D eigenvalue weighted by Gasteiger charge is -2.38. The molecule has 3 heteroatoms. The standard InChI is InChI=1S/C25H22N2O/c1-28-18-17-24-19-26-20-27(24)25(21-11-5-2-6-12-21,22-13-7-3-8-14-22)23-15-9-4-10-16-23/h2-20H,1H3/b18-17+. The number of methoxy groups -OCH3 is 1. The van der Waals surface area contributed by atoms with Crippen molar-refractivity contribution in [1.82, 2.24) is 9.55 Å². The van der Waals surface area contributed by atoms with Gasteiger partial charge in [-0.25, -0.2) is 4.98 Å². The molecule has 3 aromatic carbocycles. The van der Waals surface area contributed by atoms with Crippen LogP contribution in [0.3, 0.4) is 0 Å². The number of aromatic nitrogens is 2. The molecule has 0 atom stereocenters. The van der Waals surface area contributed by atoms with E-state index < -0.39 is 5.54 Å². The Labute approximate surface area is 165 Å².